The highest BCUT2D eigenvalue weighted by atomic mass is 16.6. The number of aromatic nitrogens is 1. The average Bonchev–Trinajstić information content (AvgIpc) is 3.12. The standard InChI is InChI=1S/C26H23N5O3/c1-17-15-21(16-28-29-26(32)24-5-3-4-6-25(24)27)18(2)30(17)22-11-7-19(8-12-22)20-9-13-23(14-10-20)31(33)34/h3-16H,27H2,1-2H3,(H,29,32)/b28-16+. The molecule has 0 atom stereocenters. The molecule has 34 heavy (non-hydrogen) atoms. The van der Waals surface area contributed by atoms with E-state index in [9.17, 15) is 14.9 Å². The summed E-state index contributed by atoms with van der Waals surface area (Å²) in [5, 5.41) is 15.0. The van der Waals surface area contributed by atoms with Gasteiger partial charge in [0.05, 0.1) is 16.7 Å². The number of carbonyl (C=O) groups is 1. The second-order valence-electron chi connectivity index (χ2n) is 7.80. The van der Waals surface area contributed by atoms with Gasteiger partial charge in [0.15, 0.2) is 0 Å². The Kier molecular flexibility index (Phi) is 6.22. The van der Waals surface area contributed by atoms with Gasteiger partial charge in [-0.15, -0.1) is 0 Å². The van der Waals surface area contributed by atoms with Gasteiger partial charge >= 0.3 is 0 Å². The molecule has 3 N–H and O–H groups in total. The lowest BCUT2D eigenvalue weighted by Crippen LogP contribution is -2.19. The maximum absolute atomic E-state index is 12.3. The number of hydrogen-bond donors (Lipinski definition) is 2. The zero-order valence-electron chi connectivity index (χ0n) is 18.7. The SMILES string of the molecule is Cc1cc(/C=N/NC(=O)c2ccccc2N)c(C)n1-c1ccc(-c2ccc([N+](=O)[O-])cc2)cc1. The van der Waals surface area contributed by atoms with Gasteiger partial charge in [0.1, 0.15) is 0 Å². The molecule has 4 aromatic rings. The smallest absolute Gasteiger partial charge is 0.273 e. The lowest BCUT2D eigenvalue weighted by Gasteiger charge is -2.11. The number of hydrogen-bond acceptors (Lipinski definition) is 5. The fourth-order valence-electron chi connectivity index (χ4n) is 3.82. The third kappa shape index (κ3) is 4.56. The first-order chi connectivity index (χ1) is 16.3. The van der Waals surface area contributed by atoms with Crippen molar-refractivity contribution in [1.82, 2.24) is 9.99 Å². The predicted molar refractivity (Wildman–Crippen MR) is 133 cm³/mol. The number of rotatable bonds is 6. The van der Waals surface area contributed by atoms with Crippen molar-refractivity contribution in [2.75, 3.05) is 5.73 Å². The van der Waals surface area contributed by atoms with Crippen molar-refractivity contribution in [3.05, 3.63) is 111 Å². The van der Waals surface area contributed by atoms with Crippen molar-refractivity contribution in [3.8, 4) is 16.8 Å². The maximum atomic E-state index is 12.3. The van der Waals surface area contributed by atoms with E-state index in [0.717, 1.165) is 33.8 Å². The van der Waals surface area contributed by atoms with Crippen molar-refractivity contribution in [3.63, 3.8) is 0 Å². The van der Waals surface area contributed by atoms with Gasteiger partial charge in [-0.25, -0.2) is 5.43 Å². The Bertz CT molecular complexity index is 1390. The van der Waals surface area contributed by atoms with Crippen molar-refractivity contribution >= 4 is 23.5 Å². The number of nitrogen functional groups attached to an aromatic ring is 1. The Labute approximate surface area is 196 Å². The van der Waals surface area contributed by atoms with E-state index < -0.39 is 4.92 Å². The molecule has 0 saturated heterocycles. The van der Waals surface area contributed by atoms with Crippen molar-refractivity contribution < 1.29 is 9.72 Å². The van der Waals surface area contributed by atoms with Crippen molar-refractivity contribution in [1.29, 1.82) is 0 Å². The summed E-state index contributed by atoms with van der Waals surface area (Å²) in [7, 11) is 0. The average molecular weight is 454 g/mol. The minimum atomic E-state index is -0.409. The number of nitrogens with two attached hydrogens (primary N) is 1. The molecule has 8 heteroatoms. The Morgan fingerprint density at radius 1 is 1.00 bits per heavy atom. The molecule has 0 aliphatic carbocycles. The number of anilines is 1. The zero-order valence-corrected chi connectivity index (χ0v) is 18.7. The summed E-state index contributed by atoms with van der Waals surface area (Å²) in [5.41, 5.74) is 14.9. The van der Waals surface area contributed by atoms with Gasteiger partial charge < -0.3 is 10.3 Å². The second kappa shape index (κ2) is 9.41. The molecule has 0 bridgehead atoms. The quantitative estimate of drug-likeness (QED) is 0.185. The van der Waals surface area contributed by atoms with E-state index in [4.69, 9.17) is 5.73 Å². The first kappa shape index (κ1) is 22.5. The van der Waals surface area contributed by atoms with E-state index >= 15 is 0 Å². The third-order valence-electron chi connectivity index (χ3n) is 5.58. The zero-order chi connectivity index (χ0) is 24.2. The minimum absolute atomic E-state index is 0.0663. The normalized spacial score (nSPS) is 11.0. The number of non-ortho nitro benzene ring substituents is 1. The van der Waals surface area contributed by atoms with Crippen LogP contribution >= 0.6 is 0 Å². The fourth-order valence-corrected chi connectivity index (χ4v) is 3.82. The van der Waals surface area contributed by atoms with Crippen LogP contribution in [0, 0.1) is 24.0 Å². The number of aryl methyl sites for hydroxylation is 1. The number of hydrazone groups is 1. The number of para-hydroxylation sites is 1. The first-order valence-electron chi connectivity index (χ1n) is 10.6. The van der Waals surface area contributed by atoms with E-state index in [1.165, 1.54) is 12.1 Å². The summed E-state index contributed by atoms with van der Waals surface area (Å²) in [4.78, 5) is 22.7. The monoisotopic (exact) mass is 453 g/mol. The molecule has 0 saturated carbocycles. The van der Waals surface area contributed by atoms with Crippen LogP contribution in [0.1, 0.15) is 27.3 Å². The summed E-state index contributed by atoms with van der Waals surface area (Å²) in [6, 6.07) is 23.3. The van der Waals surface area contributed by atoms with E-state index in [1.807, 2.05) is 44.2 Å². The van der Waals surface area contributed by atoms with Crippen LogP contribution in [-0.4, -0.2) is 21.6 Å². The number of nitro groups is 1. The number of nitro benzene ring substituents is 1. The lowest BCUT2D eigenvalue weighted by atomic mass is 10.0. The van der Waals surface area contributed by atoms with Crippen molar-refractivity contribution in [2.45, 2.75) is 13.8 Å². The van der Waals surface area contributed by atoms with Crippen LogP contribution < -0.4 is 11.2 Å². The number of amides is 1. The fraction of sp³-hybridized carbons (Fsp3) is 0.0769. The van der Waals surface area contributed by atoms with Crippen LogP contribution in [-0.2, 0) is 0 Å². The Morgan fingerprint density at radius 3 is 2.24 bits per heavy atom. The molecule has 0 radical (unpaired) electrons. The summed E-state index contributed by atoms with van der Waals surface area (Å²) >= 11 is 0. The Hall–Kier alpha value is -4.72. The van der Waals surface area contributed by atoms with Gasteiger partial charge in [-0.1, -0.05) is 24.3 Å². The van der Waals surface area contributed by atoms with Gasteiger partial charge in [0.25, 0.3) is 11.6 Å². The van der Waals surface area contributed by atoms with Crippen LogP contribution in [0.3, 0.4) is 0 Å². The van der Waals surface area contributed by atoms with E-state index in [1.54, 1.807) is 42.6 Å². The van der Waals surface area contributed by atoms with Crippen LogP contribution in [0.2, 0.25) is 0 Å². The molecule has 8 nitrogen and oxygen atoms in total. The molecular weight excluding hydrogens is 430 g/mol. The predicted octanol–water partition coefficient (Wildman–Crippen LogP) is 5.02. The van der Waals surface area contributed by atoms with Crippen molar-refractivity contribution in [2.24, 2.45) is 5.10 Å². The molecule has 0 aliphatic heterocycles. The third-order valence-corrected chi connectivity index (χ3v) is 5.58. The molecule has 4 rings (SSSR count). The molecule has 0 unspecified atom stereocenters. The summed E-state index contributed by atoms with van der Waals surface area (Å²) in [5.74, 6) is -0.370. The largest absolute Gasteiger partial charge is 0.398 e. The summed E-state index contributed by atoms with van der Waals surface area (Å²) < 4.78 is 2.10. The molecule has 1 heterocycles. The van der Waals surface area contributed by atoms with Crippen LogP contribution in [0.5, 0.6) is 0 Å². The molecular formula is C26H23N5O3. The number of nitrogens with one attached hydrogen (secondary N) is 1. The van der Waals surface area contributed by atoms with Gasteiger partial charge in [0, 0.05) is 40.5 Å². The van der Waals surface area contributed by atoms with E-state index in [2.05, 4.69) is 15.1 Å². The lowest BCUT2D eigenvalue weighted by molar-refractivity contribution is -0.384. The Morgan fingerprint density at radius 2 is 1.62 bits per heavy atom. The maximum Gasteiger partial charge on any atom is 0.273 e. The molecule has 3 aromatic carbocycles. The number of nitrogens with zero attached hydrogens (tertiary/aromatic N) is 3. The van der Waals surface area contributed by atoms with E-state index in [-0.39, 0.29) is 11.6 Å². The first-order valence-corrected chi connectivity index (χ1v) is 10.6. The highest BCUT2D eigenvalue weighted by Crippen LogP contribution is 2.25. The highest BCUT2D eigenvalue weighted by molar-refractivity contribution is 5.99. The van der Waals surface area contributed by atoms with E-state index in [0.29, 0.717) is 11.3 Å². The summed E-state index contributed by atoms with van der Waals surface area (Å²) in [6.07, 6.45) is 1.61. The highest BCUT2D eigenvalue weighted by Gasteiger charge is 2.11. The van der Waals surface area contributed by atoms with Crippen LogP contribution in [0.25, 0.3) is 16.8 Å². The second-order valence-corrected chi connectivity index (χ2v) is 7.80. The summed E-state index contributed by atoms with van der Waals surface area (Å²) in [6.45, 7) is 3.98. The van der Waals surface area contributed by atoms with Gasteiger partial charge in [0.2, 0.25) is 0 Å². The minimum Gasteiger partial charge on any atom is -0.398 e. The molecule has 1 aromatic heterocycles. The topological polar surface area (TPSA) is 116 Å². The van der Waals surface area contributed by atoms with Gasteiger partial charge in [-0.2, -0.15) is 5.10 Å². The van der Waals surface area contributed by atoms with Crippen LogP contribution in [0.15, 0.2) is 84.0 Å². The molecule has 1 amide bonds. The molecule has 170 valence electrons. The van der Waals surface area contributed by atoms with Crippen LogP contribution in [0.4, 0.5) is 11.4 Å². The van der Waals surface area contributed by atoms with Gasteiger partial charge in [-0.3, -0.25) is 14.9 Å². The molecule has 0 fully saturated rings. The Balaban J connectivity index is 1.52. The molecule has 0 spiro atoms. The van der Waals surface area contributed by atoms with Gasteiger partial charge in [-0.05, 0) is 67.4 Å². The number of benzene rings is 3. The number of carbonyl (C=O) groups excluding carboxylic acids is 1. The molecule has 0 aliphatic rings.